The van der Waals surface area contributed by atoms with Crippen molar-refractivity contribution < 1.29 is 9.59 Å². The number of carbonyl (C=O) groups excluding carboxylic acids is 2. The second kappa shape index (κ2) is 6.48. The van der Waals surface area contributed by atoms with E-state index in [2.05, 4.69) is 31.1 Å². The summed E-state index contributed by atoms with van der Waals surface area (Å²) in [5.74, 6) is -0.546. The van der Waals surface area contributed by atoms with E-state index in [1.54, 1.807) is 42.9 Å². The minimum absolute atomic E-state index is 0.113. The molecule has 2 amide bonds. The Labute approximate surface area is 131 Å². The Bertz CT molecular complexity index is 801. The van der Waals surface area contributed by atoms with Gasteiger partial charge in [-0.15, -0.1) is 0 Å². The van der Waals surface area contributed by atoms with Gasteiger partial charge in [-0.3, -0.25) is 14.6 Å². The number of nitrogens with zero attached hydrogens (tertiary/aromatic N) is 3. The third-order valence-electron chi connectivity index (χ3n) is 2.92. The molecule has 3 N–H and O–H groups in total. The fraction of sp³-hybridized carbons (Fsp3) is 0. The van der Waals surface area contributed by atoms with Crippen molar-refractivity contribution in [3.63, 3.8) is 0 Å². The number of hydrogen-bond acceptors (Lipinski definition) is 6. The molecule has 0 spiro atoms. The van der Waals surface area contributed by atoms with Crippen LogP contribution in [-0.2, 0) is 9.59 Å². The predicted octanol–water partition coefficient (Wildman–Crippen LogP) is 0.875. The van der Waals surface area contributed by atoms with Crippen LogP contribution in [0.5, 0.6) is 0 Å². The normalized spacial score (nSPS) is 15.0. The van der Waals surface area contributed by atoms with Crippen LogP contribution in [0.15, 0.2) is 59.7 Å². The van der Waals surface area contributed by atoms with Crippen LogP contribution in [0.3, 0.4) is 0 Å². The Morgan fingerprint density at radius 2 is 2.00 bits per heavy atom. The van der Waals surface area contributed by atoms with Gasteiger partial charge >= 0.3 is 0 Å². The first-order valence-corrected chi connectivity index (χ1v) is 6.70. The molecular weight excluding hydrogens is 296 g/mol. The Hall–Kier alpha value is -3.55. The first-order valence-electron chi connectivity index (χ1n) is 6.70. The van der Waals surface area contributed by atoms with Crippen LogP contribution in [0.4, 0.5) is 11.5 Å². The number of hydrazone groups is 1. The monoisotopic (exact) mass is 308 g/mol. The Balaban J connectivity index is 1.66. The minimum Gasteiger partial charge on any atom is -0.348 e. The molecular formula is C15H12N6O2. The second-order valence-corrected chi connectivity index (χ2v) is 4.55. The van der Waals surface area contributed by atoms with E-state index in [1.165, 1.54) is 6.21 Å². The number of carbonyl (C=O) groups is 2. The van der Waals surface area contributed by atoms with Gasteiger partial charge in [-0.05, 0) is 29.8 Å². The largest absolute Gasteiger partial charge is 0.348 e. The standard InChI is InChI=1S/C15H12N6O2/c22-13(21-18-9-10-3-6-16-7-4-10)8-12-15(23)20-14-11(19-12)2-1-5-17-14/h1-9,19H,(H,21,22)(H,17,20,23)/b12-8+,18-9+. The first kappa shape index (κ1) is 14.4. The molecule has 3 rings (SSSR count). The Morgan fingerprint density at radius 1 is 1.17 bits per heavy atom. The highest BCUT2D eigenvalue weighted by atomic mass is 16.2. The molecule has 0 unspecified atom stereocenters. The molecule has 114 valence electrons. The number of hydrogen-bond donors (Lipinski definition) is 3. The summed E-state index contributed by atoms with van der Waals surface area (Å²) in [5, 5.41) is 9.25. The van der Waals surface area contributed by atoms with E-state index in [4.69, 9.17) is 0 Å². The van der Waals surface area contributed by atoms with E-state index in [9.17, 15) is 9.59 Å². The lowest BCUT2D eigenvalue weighted by molar-refractivity contribution is -0.117. The molecule has 0 saturated carbocycles. The smallest absolute Gasteiger partial charge is 0.273 e. The molecule has 2 aromatic rings. The zero-order chi connectivity index (χ0) is 16.1. The molecule has 2 aromatic heterocycles. The van der Waals surface area contributed by atoms with Crippen molar-refractivity contribution in [2.24, 2.45) is 5.10 Å². The predicted molar refractivity (Wildman–Crippen MR) is 84.5 cm³/mol. The average molecular weight is 308 g/mol. The van der Waals surface area contributed by atoms with Crippen LogP contribution in [-0.4, -0.2) is 28.0 Å². The van der Waals surface area contributed by atoms with Crippen molar-refractivity contribution in [3.8, 4) is 0 Å². The number of nitrogens with one attached hydrogen (secondary N) is 3. The number of amides is 2. The lowest BCUT2D eigenvalue weighted by Gasteiger charge is -2.19. The van der Waals surface area contributed by atoms with Crippen molar-refractivity contribution in [2.45, 2.75) is 0 Å². The molecule has 0 saturated heterocycles. The summed E-state index contributed by atoms with van der Waals surface area (Å²) < 4.78 is 0. The van der Waals surface area contributed by atoms with Gasteiger partial charge in [-0.1, -0.05) is 0 Å². The molecule has 8 heteroatoms. The number of fused-ring (bicyclic) bond motifs is 1. The van der Waals surface area contributed by atoms with Gasteiger partial charge in [-0.2, -0.15) is 5.10 Å². The first-order chi connectivity index (χ1) is 11.2. The lowest BCUT2D eigenvalue weighted by Crippen LogP contribution is -2.28. The summed E-state index contributed by atoms with van der Waals surface area (Å²) in [4.78, 5) is 31.6. The molecule has 3 heterocycles. The van der Waals surface area contributed by atoms with E-state index in [1.807, 2.05) is 0 Å². The molecule has 1 aliphatic heterocycles. The van der Waals surface area contributed by atoms with Crippen molar-refractivity contribution >= 4 is 29.5 Å². The molecule has 23 heavy (non-hydrogen) atoms. The summed E-state index contributed by atoms with van der Waals surface area (Å²) in [6.07, 6.45) is 7.41. The highest BCUT2D eigenvalue weighted by molar-refractivity contribution is 6.13. The van der Waals surface area contributed by atoms with Crippen LogP contribution < -0.4 is 16.1 Å². The van der Waals surface area contributed by atoms with Crippen LogP contribution in [0.2, 0.25) is 0 Å². The highest BCUT2D eigenvalue weighted by Gasteiger charge is 2.20. The summed E-state index contributed by atoms with van der Waals surface area (Å²) >= 11 is 0. The number of aromatic nitrogens is 2. The molecule has 0 fully saturated rings. The Kier molecular flexibility index (Phi) is 4.05. The molecule has 0 radical (unpaired) electrons. The van der Waals surface area contributed by atoms with E-state index >= 15 is 0 Å². The van der Waals surface area contributed by atoms with Gasteiger partial charge in [0.05, 0.1) is 11.9 Å². The third kappa shape index (κ3) is 3.56. The Morgan fingerprint density at radius 3 is 2.83 bits per heavy atom. The van der Waals surface area contributed by atoms with Gasteiger partial charge in [0, 0.05) is 24.7 Å². The topological polar surface area (TPSA) is 108 Å². The molecule has 0 aromatic carbocycles. The van der Waals surface area contributed by atoms with Crippen molar-refractivity contribution in [1.82, 2.24) is 15.4 Å². The van der Waals surface area contributed by atoms with Crippen LogP contribution >= 0.6 is 0 Å². The van der Waals surface area contributed by atoms with Crippen LogP contribution in [0.25, 0.3) is 0 Å². The fourth-order valence-corrected chi connectivity index (χ4v) is 1.87. The fourth-order valence-electron chi connectivity index (χ4n) is 1.87. The molecule has 1 aliphatic rings. The quantitative estimate of drug-likeness (QED) is 0.443. The maximum atomic E-state index is 11.9. The van der Waals surface area contributed by atoms with Gasteiger partial charge in [0.2, 0.25) is 0 Å². The summed E-state index contributed by atoms with van der Waals surface area (Å²) in [5.41, 5.74) is 3.84. The van der Waals surface area contributed by atoms with Crippen LogP contribution in [0.1, 0.15) is 5.56 Å². The van der Waals surface area contributed by atoms with E-state index in [0.717, 1.165) is 11.6 Å². The summed E-state index contributed by atoms with van der Waals surface area (Å²) in [7, 11) is 0. The minimum atomic E-state index is -0.528. The molecule has 0 atom stereocenters. The lowest BCUT2D eigenvalue weighted by atomic mass is 10.2. The van der Waals surface area contributed by atoms with Crippen molar-refractivity contribution in [1.29, 1.82) is 0 Å². The average Bonchev–Trinajstić information content (AvgIpc) is 2.56. The number of rotatable bonds is 3. The molecule has 0 aliphatic carbocycles. The van der Waals surface area contributed by atoms with Gasteiger partial charge < -0.3 is 10.6 Å². The maximum absolute atomic E-state index is 11.9. The van der Waals surface area contributed by atoms with Crippen LogP contribution in [0, 0.1) is 0 Å². The van der Waals surface area contributed by atoms with Gasteiger partial charge in [0.1, 0.15) is 5.70 Å². The van der Waals surface area contributed by atoms with Gasteiger partial charge in [0.15, 0.2) is 5.82 Å². The van der Waals surface area contributed by atoms with Crippen molar-refractivity contribution in [3.05, 3.63) is 60.2 Å². The van der Waals surface area contributed by atoms with Crippen molar-refractivity contribution in [2.75, 3.05) is 10.6 Å². The molecule has 8 nitrogen and oxygen atoms in total. The second-order valence-electron chi connectivity index (χ2n) is 4.55. The summed E-state index contributed by atoms with van der Waals surface area (Å²) in [6.45, 7) is 0. The highest BCUT2D eigenvalue weighted by Crippen LogP contribution is 2.24. The van der Waals surface area contributed by atoms with E-state index in [0.29, 0.717) is 11.5 Å². The van der Waals surface area contributed by atoms with Gasteiger partial charge in [-0.25, -0.2) is 10.4 Å². The third-order valence-corrected chi connectivity index (χ3v) is 2.92. The van der Waals surface area contributed by atoms with E-state index in [-0.39, 0.29) is 5.70 Å². The van der Waals surface area contributed by atoms with Gasteiger partial charge in [0.25, 0.3) is 11.8 Å². The zero-order valence-electron chi connectivity index (χ0n) is 11.9. The number of anilines is 2. The summed E-state index contributed by atoms with van der Waals surface area (Å²) in [6, 6.07) is 6.96. The SMILES string of the molecule is O=C(/C=C1/Nc2cccnc2NC1=O)N/N=C/c1ccncc1. The number of pyridine rings is 2. The van der Waals surface area contributed by atoms with E-state index < -0.39 is 11.8 Å². The zero-order valence-corrected chi connectivity index (χ0v) is 11.9. The maximum Gasteiger partial charge on any atom is 0.273 e. The molecule has 0 bridgehead atoms.